The fraction of sp³-hybridized carbons (Fsp3) is 0.238. The molecule has 31 heavy (non-hydrogen) atoms. The second-order valence-electron chi connectivity index (χ2n) is 7.20. The van der Waals surface area contributed by atoms with E-state index in [1.807, 2.05) is 12.1 Å². The lowest BCUT2D eigenvalue weighted by Crippen LogP contribution is -2.23. The first-order valence-electron chi connectivity index (χ1n) is 9.53. The first-order chi connectivity index (χ1) is 14.4. The molecule has 10 heteroatoms. The monoisotopic (exact) mass is 479 g/mol. The van der Waals surface area contributed by atoms with Crippen molar-refractivity contribution in [3.8, 4) is 0 Å². The smallest absolute Gasteiger partial charge is 0.229 e. The Morgan fingerprint density at radius 1 is 1.16 bits per heavy atom. The van der Waals surface area contributed by atoms with Gasteiger partial charge >= 0.3 is 0 Å². The normalized spacial score (nSPS) is 13.1. The van der Waals surface area contributed by atoms with E-state index < -0.39 is 9.84 Å². The van der Waals surface area contributed by atoms with Crippen molar-refractivity contribution in [1.29, 1.82) is 0 Å². The van der Waals surface area contributed by atoms with Gasteiger partial charge in [0, 0.05) is 25.0 Å². The van der Waals surface area contributed by atoms with E-state index in [9.17, 15) is 8.42 Å². The summed E-state index contributed by atoms with van der Waals surface area (Å²) in [7, 11) is -3.26. The number of fused-ring (bicyclic) bond motifs is 1. The van der Waals surface area contributed by atoms with E-state index in [-0.39, 0.29) is 17.3 Å². The van der Waals surface area contributed by atoms with E-state index in [1.54, 1.807) is 18.2 Å². The average molecular weight is 480 g/mol. The summed E-state index contributed by atoms with van der Waals surface area (Å²) in [4.78, 5) is 9.01. The Kier molecular flexibility index (Phi) is 7.38. The van der Waals surface area contributed by atoms with Crippen molar-refractivity contribution < 1.29 is 8.42 Å². The molecule has 0 unspecified atom stereocenters. The third-order valence-electron chi connectivity index (χ3n) is 4.88. The number of benzene rings is 2. The quantitative estimate of drug-likeness (QED) is 0.492. The molecule has 2 aromatic carbocycles. The zero-order valence-corrected chi connectivity index (χ0v) is 19.2. The van der Waals surface area contributed by atoms with E-state index in [2.05, 4.69) is 38.1 Å². The Bertz CT molecular complexity index is 1190. The van der Waals surface area contributed by atoms with Crippen LogP contribution in [0.4, 0.5) is 17.5 Å². The van der Waals surface area contributed by atoms with Crippen LogP contribution in [-0.2, 0) is 29.3 Å². The Morgan fingerprint density at radius 3 is 2.81 bits per heavy atom. The summed E-state index contributed by atoms with van der Waals surface area (Å²) in [6.07, 6.45) is 3.72. The van der Waals surface area contributed by atoms with E-state index >= 15 is 0 Å². The van der Waals surface area contributed by atoms with Gasteiger partial charge in [0.05, 0.1) is 11.1 Å². The number of rotatable bonds is 6. The number of hydrogen-bond acceptors (Lipinski definition) is 7. The molecule has 0 saturated heterocycles. The predicted octanol–water partition coefficient (Wildman–Crippen LogP) is 3.96. The fourth-order valence-electron chi connectivity index (χ4n) is 3.31. The lowest BCUT2D eigenvalue weighted by molar-refractivity contribution is 0.601. The minimum atomic E-state index is -3.26. The number of hydrogen-bond donors (Lipinski definition) is 3. The standard InChI is InChI=1S/C21H22ClN5O2S.ClH/c1-30(28,29)18-4-2-3-14(9-18)11-24-20-19(22)13-25-21(27-20)26-17-6-5-16-12-23-8-7-15(16)10-17;/h2-6,9-10,13,23H,7-8,11-12H2,1H3,(H2,24,25,26,27);1H. The molecule has 1 aromatic heterocycles. The highest BCUT2D eigenvalue weighted by Crippen LogP contribution is 2.24. The molecule has 0 saturated carbocycles. The Labute approximate surface area is 193 Å². The third-order valence-corrected chi connectivity index (χ3v) is 6.27. The molecule has 3 aromatic rings. The molecule has 3 N–H and O–H groups in total. The lowest BCUT2D eigenvalue weighted by atomic mass is 10.0. The number of aromatic nitrogens is 2. The minimum Gasteiger partial charge on any atom is -0.365 e. The van der Waals surface area contributed by atoms with Gasteiger partial charge in [-0.1, -0.05) is 29.8 Å². The molecular formula is C21H23Cl2N5O2S. The maximum atomic E-state index is 11.7. The Morgan fingerprint density at radius 2 is 2.00 bits per heavy atom. The maximum absolute atomic E-state index is 11.7. The van der Waals surface area contributed by atoms with Gasteiger partial charge in [-0.2, -0.15) is 4.98 Å². The van der Waals surface area contributed by atoms with Crippen molar-refractivity contribution in [1.82, 2.24) is 15.3 Å². The van der Waals surface area contributed by atoms with Gasteiger partial charge in [-0.05, 0) is 53.9 Å². The summed E-state index contributed by atoms with van der Waals surface area (Å²) in [5, 5.41) is 10.1. The van der Waals surface area contributed by atoms with Crippen molar-refractivity contribution in [2.75, 3.05) is 23.4 Å². The number of nitrogens with zero attached hydrogens (tertiary/aromatic N) is 2. The van der Waals surface area contributed by atoms with Crippen LogP contribution in [0, 0.1) is 0 Å². The third kappa shape index (κ3) is 5.86. The van der Waals surface area contributed by atoms with Gasteiger partial charge < -0.3 is 16.0 Å². The topological polar surface area (TPSA) is 96.0 Å². The van der Waals surface area contributed by atoms with Crippen LogP contribution in [-0.4, -0.2) is 31.2 Å². The summed E-state index contributed by atoms with van der Waals surface area (Å²) in [6, 6.07) is 13.0. The summed E-state index contributed by atoms with van der Waals surface area (Å²) < 4.78 is 23.5. The summed E-state index contributed by atoms with van der Waals surface area (Å²) >= 11 is 6.25. The first kappa shape index (κ1) is 23.3. The highest BCUT2D eigenvalue weighted by atomic mass is 35.5. The predicted molar refractivity (Wildman–Crippen MR) is 126 cm³/mol. The van der Waals surface area contributed by atoms with Crippen molar-refractivity contribution in [3.05, 3.63) is 70.4 Å². The maximum Gasteiger partial charge on any atom is 0.229 e. The lowest BCUT2D eigenvalue weighted by Gasteiger charge is -2.18. The molecule has 7 nitrogen and oxygen atoms in total. The number of anilines is 3. The molecule has 1 aliphatic heterocycles. The zero-order valence-electron chi connectivity index (χ0n) is 16.9. The molecule has 1 aliphatic rings. The second-order valence-corrected chi connectivity index (χ2v) is 9.62. The van der Waals surface area contributed by atoms with Gasteiger partial charge in [-0.3, -0.25) is 0 Å². The molecule has 0 spiro atoms. The second kappa shape index (κ2) is 9.82. The molecule has 164 valence electrons. The van der Waals surface area contributed by atoms with Gasteiger partial charge in [-0.25, -0.2) is 13.4 Å². The Balaban J connectivity index is 0.00000272. The Hall–Kier alpha value is -2.39. The van der Waals surface area contributed by atoms with Crippen LogP contribution < -0.4 is 16.0 Å². The molecule has 0 radical (unpaired) electrons. The van der Waals surface area contributed by atoms with E-state index in [0.29, 0.717) is 23.3 Å². The molecule has 0 amide bonds. The van der Waals surface area contributed by atoms with Gasteiger partial charge in [0.2, 0.25) is 5.95 Å². The van der Waals surface area contributed by atoms with E-state index in [4.69, 9.17) is 11.6 Å². The summed E-state index contributed by atoms with van der Waals surface area (Å²) in [6.45, 7) is 2.25. The summed E-state index contributed by atoms with van der Waals surface area (Å²) in [5.41, 5.74) is 4.36. The van der Waals surface area contributed by atoms with Gasteiger partial charge in [-0.15, -0.1) is 12.4 Å². The van der Waals surface area contributed by atoms with Crippen molar-refractivity contribution in [3.63, 3.8) is 0 Å². The number of sulfone groups is 1. The van der Waals surface area contributed by atoms with Gasteiger partial charge in [0.25, 0.3) is 0 Å². The number of halogens is 2. The van der Waals surface area contributed by atoms with Gasteiger partial charge in [0.15, 0.2) is 15.7 Å². The average Bonchev–Trinajstić information content (AvgIpc) is 2.73. The van der Waals surface area contributed by atoms with Crippen LogP contribution in [0.15, 0.2) is 53.6 Å². The molecule has 0 fully saturated rings. The molecular weight excluding hydrogens is 457 g/mol. The highest BCUT2D eigenvalue weighted by molar-refractivity contribution is 7.90. The first-order valence-corrected chi connectivity index (χ1v) is 11.8. The van der Waals surface area contributed by atoms with Crippen molar-refractivity contribution in [2.24, 2.45) is 0 Å². The van der Waals surface area contributed by atoms with Crippen molar-refractivity contribution in [2.45, 2.75) is 24.4 Å². The molecule has 0 bridgehead atoms. The molecule has 0 atom stereocenters. The van der Waals surface area contributed by atoms with Crippen LogP contribution in [0.1, 0.15) is 16.7 Å². The fourth-order valence-corrected chi connectivity index (χ4v) is 4.16. The van der Waals surface area contributed by atoms with Gasteiger partial charge in [0.1, 0.15) is 5.02 Å². The van der Waals surface area contributed by atoms with E-state index in [1.165, 1.54) is 23.6 Å². The molecule has 4 rings (SSSR count). The SMILES string of the molecule is CS(=O)(=O)c1cccc(CNc2nc(Nc3ccc4c(c3)CCNC4)ncc2Cl)c1.Cl. The number of nitrogens with one attached hydrogen (secondary N) is 3. The molecule has 0 aliphatic carbocycles. The largest absolute Gasteiger partial charge is 0.365 e. The zero-order chi connectivity index (χ0) is 21.1. The van der Waals surface area contributed by atoms with Crippen LogP contribution >= 0.6 is 24.0 Å². The molecule has 2 heterocycles. The van der Waals surface area contributed by atoms with Crippen LogP contribution in [0.3, 0.4) is 0 Å². The van der Waals surface area contributed by atoms with Crippen molar-refractivity contribution >= 4 is 51.3 Å². The minimum absolute atomic E-state index is 0. The van der Waals surface area contributed by atoms with Crippen LogP contribution in [0.25, 0.3) is 0 Å². The summed E-state index contributed by atoms with van der Waals surface area (Å²) in [5.74, 6) is 0.904. The van der Waals surface area contributed by atoms with Crippen LogP contribution in [0.2, 0.25) is 5.02 Å². The van der Waals surface area contributed by atoms with E-state index in [0.717, 1.165) is 30.8 Å². The highest BCUT2D eigenvalue weighted by Gasteiger charge is 2.11. The van der Waals surface area contributed by atoms with Crippen LogP contribution in [0.5, 0.6) is 0 Å².